The molecule has 3 nitrogen and oxygen atoms in total. The third-order valence-corrected chi connectivity index (χ3v) is 2.76. The number of hydrogen-bond acceptors (Lipinski definition) is 3. The molecule has 2 heterocycles. The number of rotatable bonds is 3. The van der Waals surface area contributed by atoms with E-state index in [0.29, 0.717) is 0 Å². The zero-order chi connectivity index (χ0) is 9.97. The van der Waals surface area contributed by atoms with E-state index in [2.05, 4.69) is 4.98 Å². The van der Waals surface area contributed by atoms with Crippen molar-refractivity contribution in [3.05, 3.63) is 35.9 Å². The van der Waals surface area contributed by atoms with Crippen LogP contribution < -0.4 is 5.73 Å². The highest BCUT2D eigenvalue weighted by Crippen LogP contribution is 2.23. The molecule has 2 aromatic rings. The van der Waals surface area contributed by atoms with Crippen molar-refractivity contribution in [3.8, 4) is 0 Å². The maximum absolute atomic E-state index is 5.80. The van der Waals surface area contributed by atoms with E-state index in [1.807, 2.05) is 24.5 Å². The van der Waals surface area contributed by atoms with Crippen LogP contribution in [0.5, 0.6) is 0 Å². The van der Waals surface area contributed by atoms with Gasteiger partial charge in [0.15, 0.2) is 0 Å². The third-order valence-electron chi connectivity index (χ3n) is 2.01. The Balaban J connectivity index is 2.17. The summed E-state index contributed by atoms with van der Waals surface area (Å²) in [6, 6.07) is 5.79. The maximum atomic E-state index is 5.80. The second kappa shape index (κ2) is 3.84. The van der Waals surface area contributed by atoms with Gasteiger partial charge in [0.2, 0.25) is 0 Å². The summed E-state index contributed by atoms with van der Waals surface area (Å²) >= 11 is 1.62. The second-order valence-corrected chi connectivity index (χ2v) is 3.86. The maximum Gasteiger partial charge on any atom is 0.109 e. The van der Waals surface area contributed by atoms with Crippen molar-refractivity contribution in [2.45, 2.75) is 11.4 Å². The molecule has 4 heteroatoms. The van der Waals surface area contributed by atoms with E-state index in [1.165, 1.54) is 0 Å². The SMILES string of the molecule is CSc1[nH]c(Cc2ccco2)cc1N. The zero-order valence-electron chi connectivity index (χ0n) is 7.91. The monoisotopic (exact) mass is 208 g/mol. The number of nitrogens with one attached hydrogen (secondary N) is 1. The molecule has 2 aromatic heterocycles. The number of aromatic amines is 1. The summed E-state index contributed by atoms with van der Waals surface area (Å²) in [4.78, 5) is 3.25. The van der Waals surface area contributed by atoms with Gasteiger partial charge in [-0.25, -0.2) is 0 Å². The van der Waals surface area contributed by atoms with Gasteiger partial charge in [-0.15, -0.1) is 11.8 Å². The Morgan fingerprint density at radius 2 is 2.43 bits per heavy atom. The Kier molecular flexibility index (Phi) is 2.54. The molecule has 74 valence electrons. The number of nitrogen functional groups attached to an aromatic ring is 1. The molecular formula is C10H12N2OS. The molecule has 2 rings (SSSR count). The molecule has 0 aliphatic heterocycles. The summed E-state index contributed by atoms with van der Waals surface area (Å²) < 4.78 is 5.25. The van der Waals surface area contributed by atoms with Gasteiger partial charge >= 0.3 is 0 Å². The van der Waals surface area contributed by atoms with Gasteiger partial charge in [0.1, 0.15) is 5.76 Å². The molecule has 0 aromatic carbocycles. The van der Waals surface area contributed by atoms with Crippen LogP contribution in [-0.4, -0.2) is 11.2 Å². The minimum Gasteiger partial charge on any atom is -0.469 e. The number of anilines is 1. The van der Waals surface area contributed by atoms with E-state index < -0.39 is 0 Å². The van der Waals surface area contributed by atoms with Gasteiger partial charge in [-0.1, -0.05) is 0 Å². The highest BCUT2D eigenvalue weighted by Gasteiger charge is 2.05. The standard InChI is InChI=1S/C10H12N2OS/c1-14-10-9(11)6-7(12-10)5-8-3-2-4-13-8/h2-4,6,12H,5,11H2,1H3. The first-order valence-electron chi connectivity index (χ1n) is 4.33. The molecule has 0 aliphatic carbocycles. The van der Waals surface area contributed by atoms with E-state index in [1.54, 1.807) is 18.0 Å². The van der Waals surface area contributed by atoms with Crippen molar-refractivity contribution in [2.75, 3.05) is 12.0 Å². The number of furan rings is 1. The van der Waals surface area contributed by atoms with E-state index in [0.717, 1.165) is 28.6 Å². The van der Waals surface area contributed by atoms with Crippen molar-refractivity contribution in [3.63, 3.8) is 0 Å². The average Bonchev–Trinajstić information content (AvgIpc) is 2.76. The van der Waals surface area contributed by atoms with E-state index in [9.17, 15) is 0 Å². The summed E-state index contributed by atoms with van der Waals surface area (Å²) in [6.07, 6.45) is 4.44. The fourth-order valence-corrected chi connectivity index (χ4v) is 1.90. The van der Waals surface area contributed by atoms with Crippen molar-refractivity contribution in [1.29, 1.82) is 0 Å². The number of hydrogen-bond donors (Lipinski definition) is 2. The first kappa shape index (κ1) is 9.27. The predicted molar refractivity (Wildman–Crippen MR) is 58.5 cm³/mol. The van der Waals surface area contributed by atoms with Crippen LogP contribution in [0.3, 0.4) is 0 Å². The topological polar surface area (TPSA) is 55.0 Å². The van der Waals surface area contributed by atoms with E-state index in [-0.39, 0.29) is 0 Å². The molecule has 0 fully saturated rings. The normalized spacial score (nSPS) is 10.6. The number of H-pyrrole nitrogens is 1. The summed E-state index contributed by atoms with van der Waals surface area (Å²) in [5, 5.41) is 1.02. The fourth-order valence-electron chi connectivity index (χ4n) is 1.37. The number of nitrogens with two attached hydrogens (primary N) is 1. The zero-order valence-corrected chi connectivity index (χ0v) is 8.73. The first-order chi connectivity index (χ1) is 6.79. The minimum atomic E-state index is 0.762. The molecule has 0 spiro atoms. The average molecular weight is 208 g/mol. The highest BCUT2D eigenvalue weighted by molar-refractivity contribution is 7.98. The molecule has 0 bridgehead atoms. The lowest BCUT2D eigenvalue weighted by molar-refractivity contribution is 0.519. The Bertz CT molecular complexity index is 406. The van der Waals surface area contributed by atoms with Crippen LogP contribution in [0.2, 0.25) is 0 Å². The third kappa shape index (κ3) is 1.80. The molecule has 3 N–H and O–H groups in total. The van der Waals surface area contributed by atoms with Crippen molar-refractivity contribution >= 4 is 17.4 Å². The number of aromatic nitrogens is 1. The van der Waals surface area contributed by atoms with Crippen molar-refractivity contribution in [1.82, 2.24) is 4.98 Å². The van der Waals surface area contributed by atoms with Crippen LogP contribution >= 0.6 is 11.8 Å². The van der Waals surface area contributed by atoms with E-state index in [4.69, 9.17) is 10.2 Å². The quantitative estimate of drug-likeness (QED) is 0.762. The molecule has 14 heavy (non-hydrogen) atoms. The highest BCUT2D eigenvalue weighted by atomic mass is 32.2. The lowest BCUT2D eigenvalue weighted by atomic mass is 10.2. The van der Waals surface area contributed by atoms with Gasteiger partial charge in [0, 0.05) is 12.1 Å². The van der Waals surface area contributed by atoms with Crippen LogP contribution in [0.25, 0.3) is 0 Å². The van der Waals surface area contributed by atoms with Crippen molar-refractivity contribution in [2.24, 2.45) is 0 Å². The van der Waals surface area contributed by atoms with Gasteiger partial charge in [-0.05, 0) is 24.5 Å². The first-order valence-corrected chi connectivity index (χ1v) is 5.56. The summed E-state index contributed by atoms with van der Waals surface area (Å²) in [5.74, 6) is 0.943. The van der Waals surface area contributed by atoms with Gasteiger partial charge in [0.05, 0.1) is 17.0 Å². The largest absolute Gasteiger partial charge is 0.469 e. The molecular weight excluding hydrogens is 196 g/mol. The van der Waals surface area contributed by atoms with Crippen LogP contribution in [-0.2, 0) is 6.42 Å². The lowest BCUT2D eigenvalue weighted by Crippen LogP contribution is -1.84. The summed E-state index contributed by atoms with van der Waals surface area (Å²) in [5.41, 5.74) is 7.69. The van der Waals surface area contributed by atoms with Gasteiger partial charge < -0.3 is 15.1 Å². The Labute approximate surface area is 86.7 Å². The Hall–Kier alpha value is -1.29. The molecule has 0 aliphatic rings. The molecule has 0 amide bonds. The minimum absolute atomic E-state index is 0.762. The van der Waals surface area contributed by atoms with Crippen molar-refractivity contribution < 1.29 is 4.42 Å². The molecule has 0 atom stereocenters. The summed E-state index contributed by atoms with van der Waals surface area (Å²) in [6.45, 7) is 0. The van der Waals surface area contributed by atoms with Crippen LogP contribution in [0.15, 0.2) is 33.9 Å². The lowest BCUT2D eigenvalue weighted by Gasteiger charge is -1.93. The van der Waals surface area contributed by atoms with E-state index >= 15 is 0 Å². The van der Waals surface area contributed by atoms with Gasteiger partial charge in [0.25, 0.3) is 0 Å². The number of thioether (sulfide) groups is 1. The molecule has 0 saturated carbocycles. The van der Waals surface area contributed by atoms with Crippen LogP contribution in [0.4, 0.5) is 5.69 Å². The van der Waals surface area contributed by atoms with Gasteiger partial charge in [-0.2, -0.15) is 0 Å². The molecule has 0 saturated heterocycles. The smallest absolute Gasteiger partial charge is 0.109 e. The predicted octanol–water partition coefficient (Wildman–Crippen LogP) is 2.50. The summed E-state index contributed by atoms with van der Waals surface area (Å²) in [7, 11) is 0. The Morgan fingerprint density at radius 1 is 1.57 bits per heavy atom. The fraction of sp³-hybridized carbons (Fsp3) is 0.200. The molecule has 0 unspecified atom stereocenters. The Morgan fingerprint density at radius 3 is 3.00 bits per heavy atom. The van der Waals surface area contributed by atoms with Crippen LogP contribution in [0.1, 0.15) is 11.5 Å². The van der Waals surface area contributed by atoms with Gasteiger partial charge in [-0.3, -0.25) is 0 Å². The van der Waals surface area contributed by atoms with Crippen LogP contribution in [0, 0.1) is 0 Å². The second-order valence-electron chi connectivity index (χ2n) is 3.04. The molecule has 0 radical (unpaired) electrons.